The van der Waals surface area contributed by atoms with Crippen molar-refractivity contribution in [1.82, 2.24) is 0 Å². The molecule has 0 unspecified atom stereocenters. The van der Waals surface area contributed by atoms with Crippen LogP contribution < -0.4 is 11.1 Å². The van der Waals surface area contributed by atoms with E-state index in [-0.39, 0.29) is 17.5 Å². The molecule has 6 heteroatoms. The number of nitrogens with one attached hydrogen (secondary N) is 1. The third kappa shape index (κ3) is 5.32. The fourth-order valence-corrected chi connectivity index (χ4v) is 1.47. The highest BCUT2D eigenvalue weighted by Gasteiger charge is 2.14. The van der Waals surface area contributed by atoms with Gasteiger partial charge >= 0.3 is 0 Å². The zero-order valence-electron chi connectivity index (χ0n) is 11.1. The summed E-state index contributed by atoms with van der Waals surface area (Å²) in [7, 11) is 0. The van der Waals surface area contributed by atoms with Gasteiger partial charge in [0.2, 0.25) is 5.91 Å². The van der Waals surface area contributed by atoms with Crippen LogP contribution in [0.15, 0.2) is 18.2 Å². The maximum atomic E-state index is 13.1. The van der Waals surface area contributed by atoms with E-state index in [1.807, 2.05) is 20.8 Å². The average Bonchev–Trinajstić information content (AvgIpc) is 2.28. The topological polar surface area (TPSA) is 64.3 Å². The summed E-state index contributed by atoms with van der Waals surface area (Å²) in [6.07, 6.45) is 0. The van der Waals surface area contributed by atoms with Crippen LogP contribution in [0.5, 0.6) is 0 Å². The Morgan fingerprint density at radius 3 is 2.63 bits per heavy atom. The Morgan fingerprint density at radius 1 is 1.47 bits per heavy atom. The summed E-state index contributed by atoms with van der Waals surface area (Å²) in [5, 5.41) is 2.59. The molecule has 0 atom stereocenters. The van der Waals surface area contributed by atoms with E-state index in [0.717, 1.165) is 0 Å². The first kappa shape index (κ1) is 15.5. The fraction of sp³-hybridized carbons (Fsp3) is 0.385. The van der Waals surface area contributed by atoms with Crippen molar-refractivity contribution in [3.8, 4) is 0 Å². The molecule has 0 aliphatic carbocycles. The number of carbonyl (C=O) groups is 1. The molecule has 1 amide bonds. The van der Waals surface area contributed by atoms with E-state index in [4.69, 9.17) is 22.7 Å². The van der Waals surface area contributed by atoms with Gasteiger partial charge in [0.15, 0.2) is 0 Å². The highest BCUT2D eigenvalue weighted by Crippen LogP contribution is 2.17. The van der Waals surface area contributed by atoms with Gasteiger partial charge in [0.1, 0.15) is 17.4 Å². The molecule has 1 rings (SSSR count). The highest BCUT2D eigenvalue weighted by atomic mass is 32.1. The molecule has 4 nitrogen and oxygen atoms in total. The second-order valence-corrected chi connectivity index (χ2v) is 5.44. The first-order valence-corrected chi connectivity index (χ1v) is 6.13. The molecule has 19 heavy (non-hydrogen) atoms. The molecular weight excluding hydrogens is 267 g/mol. The molecule has 0 fully saturated rings. The lowest BCUT2D eigenvalue weighted by Gasteiger charge is -2.19. The molecule has 1 aromatic rings. The fourth-order valence-electron chi connectivity index (χ4n) is 1.30. The van der Waals surface area contributed by atoms with Crippen LogP contribution in [-0.2, 0) is 9.53 Å². The number of rotatable bonds is 4. The van der Waals surface area contributed by atoms with Gasteiger partial charge in [-0.3, -0.25) is 4.79 Å². The van der Waals surface area contributed by atoms with Crippen molar-refractivity contribution in [3.05, 3.63) is 29.6 Å². The summed E-state index contributed by atoms with van der Waals surface area (Å²) >= 11 is 4.81. The maximum Gasteiger partial charge on any atom is 0.250 e. The summed E-state index contributed by atoms with van der Waals surface area (Å²) in [6.45, 7) is 5.44. The van der Waals surface area contributed by atoms with Gasteiger partial charge in [-0.05, 0) is 39.0 Å². The van der Waals surface area contributed by atoms with Crippen molar-refractivity contribution in [3.63, 3.8) is 0 Å². The molecule has 1 aromatic carbocycles. The number of thiocarbonyl (C=S) groups is 1. The van der Waals surface area contributed by atoms with Crippen LogP contribution in [0.25, 0.3) is 0 Å². The van der Waals surface area contributed by atoms with E-state index in [2.05, 4.69) is 5.32 Å². The molecule has 0 aliphatic heterocycles. The van der Waals surface area contributed by atoms with Crippen molar-refractivity contribution in [1.29, 1.82) is 0 Å². The van der Waals surface area contributed by atoms with E-state index < -0.39 is 11.4 Å². The smallest absolute Gasteiger partial charge is 0.250 e. The molecule has 0 bridgehead atoms. The second kappa shape index (κ2) is 6.08. The van der Waals surface area contributed by atoms with Crippen molar-refractivity contribution >= 4 is 28.8 Å². The molecule has 0 aliphatic rings. The van der Waals surface area contributed by atoms with Crippen LogP contribution in [0.2, 0.25) is 0 Å². The number of hydrogen-bond acceptors (Lipinski definition) is 3. The zero-order valence-corrected chi connectivity index (χ0v) is 11.9. The Bertz CT molecular complexity index is 498. The van der Waals surface area contributed by atoms with Gasteiger partial charge < -0.3 is 15.8 Å². The molecule has 0 radical (unpaired) electrons. The molecule has 0 saturated carbocycles. The lowest BCUT2D eigenvalue weighted by molar-refractivity contribution is -0.125. The van der Waals surface area contributed by atoms with Crippen LogP contribution in [0, 0.1) is 5.82 Å². The SMILES string of the molecule is CC(C)(C)OCC(=O)Nc1ccc(F)cc1C(N)=S. The lowest BCUT2D eigenvalue weighted by Crippen LogP contribution is -2.27. The highest BCUT2D eigenvalue weighted by molar-refractivity contribution is 7.80. The molecule has 0 saturated heterocycles. The minimum atomic E-state index is -0.466. The number of amides is 1. The molecule has 3 N–H and O–H groups in total. The van der Waals surface area contributed by atoms with Gasteiger partial charge in [0.25, 0.3) is 0 Å². The first-order valence-electron chi connectivity index (χ1n) is 5.72. The van der Waals surface area contributed by atoms with E-state index in [9.17, 15) is 9.18 Å². The van der Waals surface area contributed by atoms with E-state index in [1.165, 1.54) is 18.2 Å². The summed E-state index contributed by atoms with van der Waals surface area (Å²) in [4.78, 5) is 11.7. The first-order chi connectivity index (χ1) is 8.69. The molecule has 0 heterocycles. The Balaban J connectivity index is 2.77. The number of halogens is 1. The Hall–Kier alpha value is -1.53. The Labute approximate surface area is 117 Å². The third-order valence-electron chi connectivity index (χ3n) is 2.16. The van der Waals surface area contributed by atoms with Gasteiger partial charge in [-0.25, -0.2) is 4.39 Å². The number of hydrogen-bond donors (Lipinski definition) is 2. The van der Waals surface area contributed by atoms with E-state index in [0.29, 0.717) is 11.3 Å². The largest absolute Gasteiger partial charge is 0.389 e. The summed E-state index contributed by atoms with van der Waals surface area (Å²) < 4.78 is 18.4. The van der Waals surface area contributed by atoms with E-state index >= 15 is 0 Å². The van der Waals surface area contributed by atoms with E-state index in [1.54, 1.807) is 0 Å². The number of carbonyl (C=O) groups excluding carboxylic acids is 1. The number of anilines is 1. The normalized spacial score (nSPS) is 11.2. The quantitative estimate of drug-likeness (QED) is 0.832. The molecular formula is C13H17FN2O2S. The predicted octanol–water partition coefficient (Wildman–Crippen LogP) is 2.21. The minimum absolute atomic E-state index is 0.0199. The van der Waals surface area contributed by atoms with Crippen molar-refractivity contribution in [2.75, 3.05) is 11.9 Å². The lowest BCUT2D eigenvalue weighted by atomic mass is 10.1. The minimum Gasteiger partial charge on any atom is -0.389 e. The summed E-state index contributed by atoms with van der Waals surface area (Å²) in [5.41, 5.74) is 5.74. The van der Waals surface area contributed by atoms with Crippen LogP contribution in [0.1, 0.15) is 26.3 Å². The van der Waals surface area contributed by atoms with Crippen molar-refractivity contribution in [2.24, 2.45) is 5.73 Å². The monoisotopic (exact) mass is 284 g/mol. The second-order valence-electron chi connectivity index (χ2n) is 5.00. The van der Waals surface area contributed by atoms with Crippen LogP contribution in [0.3, 0.4) is 0 Å². The number of benzene rings is 1. The zero-order chi connectivity index (χ0) is 14.6. The Morgan fingerprint density at radius 2 is 2.11 bits per heavy atom. The standard InChI is InChI=1S/C13H17FN2O2S/c1-13(2,3)18-7-11(17)16-10-5-4-8(14)6-9(10)12(15)19/h4-6H,7H2,1-3H3,(H2,15,19)(H,16,17). The van der Waals surface area contributed by atoms with Gasteiger partial charge in [0, 0.05) is 5.56 Å². The molecule has 0 aromatic heterocycles. The molecule has 0 spiro atoms. The average molecular weight is 284 g/mol. The Kier molecular flexibility index (Phi) is 4.97. The number of ether oxygens (including phenoxy) is 1. The summed E-state index contributed by atoms with van der Waals surface area (Å²) in [5.74, 6) is -0.814. The molecule has 104 valence electrons. The van der Waals surface area contributed by atoms with Crippen LogP contribution >= 0.6 is 12.2 Å². The predicted molar refractivity (Wildman–Crippen MR) is 76.6 cm³/mol. The van der Waals surface area contributed by atoms with Crippen LogP contribution in [0.4, 0.5) is 10.1 Å². The van der Waals surface area contributed by atoms with Gasteiger partial charge in [-0.15, -0.1) is 0 Å². The van der Waals surface area contributed by atoms with Gasteiger partial charge in [-0.2, -0.15) is 0 Å². The number of nitrogens with two attached hydrogens (primary N) is 1. The van der Waals surface area contributed by atoms with Crippen LogP contribution in [-0.4, -0.2) is 23.1 Å². The maximum absolute atomic E-state index is 13.1. The van der Waals surface area contributed by atoms with Gasteiger partial charge in [-0.1, -0.05) is 12.2 Å². The van der Waals surface area contributed by atoms with Gasteiger partial charge in [0.05, 0.1) is 11.3 Å². The third-order valence-corrected chi connectivity index (χ3v) is 2.38. The van der Waals surface area contributed by atoms with Crippen molar-refractivity contribution < 1.29 is 13.9 Å². The van der Waals surface area contributed by atoms with Crippen molar-refractivity contribution in [2.45, 2.75) is 26.4 Å². The summed E-state index contributed by atoms with van der Waals surface area (Å²) in [6, 6.07) is 3.82.